The van der Waals surface area contributed by atoms with Crippen molar-refractivity contribution in [3.05, 3.63) is 73.1 Å². The van der Waals surface area contributed by atoms with Crippen LogP contribution in [0.25, 0.3) is 0 Å². The number of rotatable bonds is 4. The van der Waals surface area contributed by atoms with Gasteiger partial charge in [0.15, 0.2) is 0 Å². The molecule has 7 heteroatoms. The van der Waals surface area contributed by atoms with Gasteiger partial charge in [-0.1, -0.05) is 17.7 Å². The third-order valence-electron chi connectivity index (χ3n) is 4.60. The Balaban J connectivity index is 1.56. The Bertz CT molecular complexity index is 1010. The second-order valence-corrected chi connectivity index (χ2v) is 8.70. The summed E-state index contributed by atoms with van der Waals surface area (Å²) in [6.45, 7) is 1.08. The summed E-state index contributed by atoms with van der Waals surface area (Å²) >= 11 is 9.51. The Kier molecular flexibility index (Phi) is 5.28. The normalized spacial score (nSPS) is 16.5. The summed E-state index contributed by atoms with van der Waals surface area (Å²) in [4.78, 5) is 17.6. The molecular weight excluding hydrogens is 398 g/mol. The number of carbonyl (C=O) groups excluding carboxylic acids is 1. The van der Waals surface area contributed by atoms with Crippen LogP contribution in [0.2, 0.25) is 5.02 Å². The van der Waals surface area contributed by atoms with Gasteiger partial charge in [0.05, 0.1) is 23.8 Å². The van der Waals surface area contributed by atoms with E-state index in [0.29, 0.717) is 16.3 Å². The van der Waals surface area contributed by atoms with Crippen molar-refractivity contribution in [3.63, 3.8) is 0 Å². The molecule has 1 aliphatic heterocycles. The number of halogens is 1. The smallest absolute Gasteiger partial charge is 0.238 e. The number of amides is 1. The van der Waals surface area contributed by atoms with E-state index in [0.717, 1.165) is 13.0 Å². The summed E-state index contributed by atoms with van der Waals surface area (Å²) in [5, 5.41) is 16.8. The number of hydrogen-bond acceptors (Lipinski definition) is 5. The Morgan fingerprint density at radius 3 is 2.96 bits per heavy atom. The van der Waals surface area contributed by atoms with Crippen LogP contribution in [-0.2, 0) is 11.2 Å². The standard InChI is InChI=1S/C20H16ClN3OS2/c21-14-4-3-13(11-22)16(10-14)23-19(25)12-24-7-5-17-15(6-9-27-17)20(24)18-2-1-8-26-18/h1-4,6,8-10,20H,5,7,12H2,(H,23,25)/t20-/m0/s1. The lowest BCUT2D eigenvalue weighted by Gasteiger charge is -2.34. The average Bonchev–Trinajstić information content (AvgIpc) is 3.33. The number of nitrogens with one attached hydrogen (secondary N) is 1. The van der Waals surface area contributed by atoms with Crippen LogP contribution in [0.5, 0.6) is 0 Å². The Morgan fingerprint density at radius 1 is 1.30 bits per heavy atom. The van der Waals surface area contributed by atoms with E-state index in [9.17, 15) is 10.1 Å². The minimum atomic E-state index is -0.144. The zero-order chi connectivity index (χ0) is 18.8. The molecule has 0 bridgehead atoms. The Labute approximate surface area is 170 Å². The number of carbonyl (C=O) groups is 1. The van der Waals surface area contributed by atoms with E-state index in [4.69, 9.17) is 11.6 Å². The van der Waals surface area contributed by atoms with Crippen molar-refractivity contribution in [1.29, 1.82) is 5.26 Å². The summed E-state index contributed by atoms with van der Waals surface area (Å²) in [5.41, 5.74) is 2.15. The molecule has 4 rings (SSSR count). The van der Waals surface area contributed by atoms with Crippen molar-refractivity contribution in [1.82, 2.24) is 4.90 Å². The maximum Gasteiger partial charge on any atom is 0.238 e. The average molecular weight is 414 g/mol. The van der Waals surface area contributed by atoms with Crippen molar-refractivity contribution in [2.45, 2.75) is 12.5 Å². The van der Waals surface area contributed by atoms with Gasteiger partial charge >= 0.3 is 0 Å². The molecular formula is C20H16ClN3OS2. The van der Waals surface area contributed by atoms with Crippen molar-refractivity contribution < 1.29 is 4.79 Å². The van der Waals surface area contributed by atoms with Gasteiger partial charge in [0.2, 0.25) is 5.91 Å². The van der Waals surface area contributed by atoms with E-state index < -0.39 is 0 Å². The van der Waals surface area contributed by atoms with Gasteiger partial charge in [-0.15, -0.1) is 22.7 Å². The molecule has 1 atom stereocenters. The molecule has 0 radical (unpaired) electrons. The molecule has 0 aliphatic carbocycles. The highest BCUT2D eigenvalue weighted by Crippen LogP contribution is 2.39. The number of benzene rings is 1. The van der Waals surface area contributed by atoms with Crippen LogP contribution < -0.4 is 5.32 Å². The third-order valence-corrected chi connectivity index (χ3v) is 6.76. The summed E-state index contributed by atoms with van der Waals surface area (Å²) < 4.78 is 0. The van der Waals surface area contributed by atoms with E-state index in [1.807, 2.05) is 6.07 Å². The minimum absolute atomic E-state index is 0.0977. The topological polar surface area (TPSA) is 56.1 Å². The highest BCUT2D eigenvalue weighted by molar-refractivity contribution is 7.10. The van der Waals surface area contributed by atoms with Gasteiger partial charge in [-0.25, -0.2) is 0 Å². The van der Waals surface area contributed by atoms with Gasteiger partial charge in [0.25, 0.3) is 0 Å². The molecule has 136 valence electrons. The fourth-order valence-corrected chi connectivity index (χ4v) is 5.36. The predicted molar refractivity (Wildman–Crippen MR) is 111 cm³/mol. The lowest BCUT2D eigenvalue weighted by Crippen LogP contribution is -2.40. The molecule has 0 saturated heterocycles. The highest BCUT2D eigenvalue weighted by Gasteiger charge is 2.31. The molecule has 0 unspecified atom stereocenters. The zero-order valence-corrected chi connectivity index (χ0v) is 16.7. The number of fused-ring (bicyclic) bond motifs is 1. The molecule has 27 heavy (non-hydrogen) atoms. The molecule has 1 aromatic carbocycles. The molecule has 0 spiro atoms. The second kappa shape index (κ2) is 7.83. The molecule has 1 aliphatic rings. The van der Waals surface area contributed by atoms with Crippen molar-refractivity contribution >= 4 is 45.9 Å². The summed E-state index contributed by atoms with van der Waals surface area (Å²) in [5.74, 6) is -0.144. The fourth-order valence-electron chi connectivity index (χ4n) is 3.41. The van der Waals surface area contributed by atoms with Gasteiger partial charge in [-0.2, -0.15) is 5.26 Å². The number of nitriles is 1. The minimum Gasteiger partial charge on any atom is -0.324 e. The van der Waals surface area contributed by atoms with E-state index >= 15 is 0 Å². The van der Waals surface area contributed by atoms with Gasteiger partial charge < -0.3 is 5.32 Å². The molecule has 0 saturated carbocycles. The molecule has 1 amide bonds. The molecule has 3 heterocycles. The molecule has 3 aromatic rings. The third kappa shape index (κ3) is 3.78. The van der Waals surface area contributed by atoms with Gasteiger partial charge in [-0.05, 0) is 53.1 Å². The van der Waals surface area contributed by atoms with Crippen LogP contribution in [0.4, 0.5) is 5.69 Å². The van der Waals surface area contributed by atoms with Crippen LogP contribution in [-0.4, -0.2) is 23.9 Å². The number of nitrogens with zero attached hydrogens (tertiary/aromatic N) is 2. The zero-order valence-electron chi connectivity index (χ0n) is 14.3. The summed E-state index contributed by atoms with van der Waals surface area (Å²) in [6, 6.07) is 13.4. The second-order valence-electron chi connectivity index (χ2n) is 6.29. The lowest BCUT2D eigenvalue weighted by molar-refractivity contribution is -0.117. The maximum absolute atomic E-state index is 12.7. The highest BCUT2D eigenvalue weighted by atomic mass is 35.5. The van der Waals surface area contributed by atoms with Crippen molar-refractivity contribution in [2.24, 2.45) is 0 Å². The predicted octanol–water partition coefficient (Wildman–Crippen LogP) is 4.92. The van der Waals surface area contributed by atoms with Crippen LogP contribution in [0.1, 0.15) is 26.9 Å². The van der Waals surface area contributed by atoms with Gasteiger partial charge in [0, 0.05) is 21.3 Å². The number of thiophene rings is 2. The summed E-state index contributed by atoms with van der Waals surface area (Å²) in [7, 11) is 0. The SMILES string of the molecule is N#Cc1ccc(Cl)cc1NC(=O)CN1CCc2sccc2[C@H]1c1cccs1. The molecule has 4 nitrogen and oxygen atoms in total. The number of hydrogen-bond donors (Lipinski definition) is 1. The first-order valence-corrected chi connectivity index (χ1v) is 10.6. The molecule has 1 N–H and O–H groups in total. The van der Waals surface area contributed by atoms with Crippen LogP contribution >= 0.6 is 34.3 Å². The summed E-state index contributed by atoms with van der Waals surface area (Å²) in [6.07, 6.45) is 0.947. The monoisotopic (exact) mass is 413 g/mol. The first-order valence-electron chi connectivity index (χ1n) is 8.49. The lowest BCUT2D eigenvalue weighted by atomic mass is 9.98. The number of anilines is 1. The van der Waals surface area contributed by atoms with Gasteiger partial charge in [-0.3, -0.25) is 9.69 Å². The van der Waals surface area contributed by atoms with Crippen LogP contribution in [0.15, 0.2) is 47.2 Å². The maximum atomic E-state index is 12.7. The van der Waals surface area contributed by atoms with Crippen LogP contribution in [0, 0.1) is 11.3 Å². The van der Waals surface area contributed by atoms with E-state index in [1.165, 1.54) is 15.3 Å². The fraction of sp³-hybridized carbons (Fsp3) is 0.200. The van der Waals surface area contributed by atoms with Crippen LogP contribution in [0.3, 0.4) is 0 Å². The van der Waals surface area contributed by atoms with Gasteiger partial charge in [0.1, 0.15) is 6.07 Å². The first kappa shape index (κ1) is 18.2. The first-order chi connectivity index (χ1) is 13.2. The Morgan fingerprint density at radius 2 is 2.19 bits per heavy atom. The largest absolute Gasteiger partial charge is 0.324 e. The van der Waals surface area contributed by atoms with E-state index in [2.05, 4.69) is 39.2 Å². The van der Waals surface area contributed by atoms with E-state index in [1.54, 1.807) is 40.9 Å². The molecule has 0 fully saturated rings. The Hall–Kier alpha value is -2.17. The molecule has 2 aromatic heterocycles. The van der Waals surface area contributed by atoms with E-state index in [-0.39, 0.29) is 18.5 Å². The van der Waals surface area contributed by atoms with Crippen molar-refractivity contribution in [3.8, 4) is 6.07 Å². The quantitative estimate of drug-likeness (QED) is 0.660. The van der Waals surface area contributed by atoms with Crippen molar-refractivity contribution in [2.75, 3.05) is 18.4 Å².